The zero-order valence-corrected chi connectivity index (χ0v) is 12.9. The van der Waals surface area contributed by atoms with Crippen molar-refractivity contribution in [2.24, 2.45) is 29.4 Å². The summed E-state index contributed by atoms with van der Waals surface area (Å²) in [6, 6.07) is 9.08. The predicted molar refractivity (Wildman–Crippen MR) is 82.8 cm³/mol. The fourth-order valence-corrected chi connectivity index (χ4v) is 3.47. The highest BCUT2D eigenvalue weighted by atomic mass is 16.8. The van der Waals surface area contributed by atoms with E-state index in [0.717, 1.165) is 5.56 Å². The largest absolute Gasteiger partial charge is 0.533 e. The maximum absolute atomic E-state index is 12.2. The molecule has 2 aliphatic carbocycles. The Morgan fingerprint density at radius 2 is 1.75 bits per heavy atom. The third kappa shape index (κ3) is 3.24. The molecule has 3 N–H and O–H groups in total. The minimum atomic E-state index is -1.01. The number of primary amides is 1. The molecule has 0 spiro atoms. The van der Waals surface area contributed by atoms with Crippen LogP contribution in [0.1, 0.15) is 12.0 Å². The van der Waals surface area contributed by atoms with E-state index in [-0.39, 0.29) is 18.4 Å². The monoisotopic (exact) mass is 330 g/mol. The molecule has 2 aliphatic rings. The Kier molecular flexibility index (Phi) is 4.50. The maximum atomic E-state index is 12.2. The van der Waals surface area contributed by atoms with Crippen LogP contribution < -0.4 is 11.2 Å². The number of nitrogens with two attached hydrogens (primary N) is 1. The van der Waals surface area contributed by atoms with Crippen molar-refractivity contribution in [1.82, 2.24) is 5.48 Å². The first-order valence-corrected chi connectivity index (χ1v) is 7.71. The Morgan fingerprint density at radius 3 is 2.42 bits per heavy atom. The highest BCUT2D eigenvalue weighted by Gasteiger charge is 2.51. The molecule has 0 heterocycles. The summed E-state index contributed by atoms with van der Waals surface area (Å²) in [5.41, 5.74) is 8.27. The Morgan fingerprint density at radius 1 is 1.08 bits per heavy atom. The average Bonchev–Trinajstić information content (AvgIpc) is 3.20. The molecule has 1 fully saturated rings. The third-order valence-electron chi connectivity index (χ3n) is 4.53. The van der Waals surface area contributed by atoms with Crippen LogP contribution in [-0.4, -0.2) is 18.0 Å². The van der Waals surface area contributed by atoms with Gasteiger partial charge in [0.1, 0.15) is 6.61 Å². The number of nitrogens with one attached hydrogen (secondary N) is 1. The second kappa shape index (κ2) is 6.74. The number of benzene rings is 1. The van der Waals surface area contributed by atoms with Gasteiger partial charge in [0.2, 0.25) is 5.91 Å². The van der Waals surface area contributed by atoms with Crippen molar-refractivity contribution < 1.29 is 24.0 Å². The van der Waals surface area contributed by atoms with Gasteiger partial charge in [-0.3, -0.25) is 9.59 Å². The van der Waals surface area contributed by atoms with Gasteiger partial charge in [0.25, 0.3) is 5.91 Å². The van der Waals surface area contributed by atoms with Gasteiger partial charge in [0.05, 0.1) is 11.8 Å². The lowest BCUT2D eigenvalue weighted by molar-refractivity contribution is -0.141. The van der Waals surface area contributed by atoms with Crippen molar-refractivity contribution in [3.8, 4) is 0 Å². The van der Waals surface area contributed by atoms with Gasteiger partial charge in [-0.15, -0.1) is 0 Å². The summed E-state index contributed by atoms with van der Waals surface area (Å²) >= 11 is 0. The van der Waals surface area contributed by atoms with Crippen LogP contribution in [0.4, 0.5) is 4.79 Å². The van der Waals surface area contributed by atoms with E-state index in [9.17, 15) is 14.4 Å². The summed E-state index contributed by atoms with van der Waals surface area (Å²) < 4.78 is 4.90. The molecule has 4 unspecified atom stereocenters. The van der Waals surface area contributed by atoms with E-state index in [1.54, 1.807) is 12.1 Å². The third-order valence-corrected chi connectivity index (χ3v) is 4.53. The number of hydrogen-bond donors (Lipinski definition) is 2. The van der Waals surface area contributed by atoms with E-state index in [1.165, 1.54) is 0 Å². The number of amides is 2. The molecule has 1 aromatic rings. The number of ether oxygens (including phenoxy) is 1. The molecular weight excluding hydrogens is 312 g/mol. The van der Waals surface area contributed by atoms with Crippen molar-refractivity contribution in [3.63, 3.8) is 0 Å². The fourth-order valence-electron chi connectivity index (χ4n) is 3.47. The van der Waals surface area contributed by atoms with Gasteiger partial charge in [-0.2, -0.15) is 5.48 Å². The number of carbonyl (C=O) groups excluding carboxylic acids is 3. The molecule has 4 atom stereocenters. The van der Waals surface area contributed by atoms with Gasteiger partial charge in [0.15, 0.2) is 0 Å². The Hall–Kier alpha value is -2.83. The molecule has 0 radical (unpaired) electrons. The highest BCUT2D eigenvalue weighted by molar-refractivity contribution is 5.88. The molecule has 0 aliphatic heterocycles. The van der Waals surface area contributed by atoms with Crippen LogP contribution in [0.2, 0.25) is 0 Å². The molecule has 24 heavy (non-hydrogen) atoms. The van der Waals surface area contributed by atoms with Crippen molar-refractivity contribution in [2.75, 3.05) is 0 Å². The average molecular weight is 330 g/mol. The predicted octanol–water partition coefficient (Wildman–Crippen LogP) is 1.29. The summed E-state index contributed by atoms with van der Waals surface area (Å²) in [5.74, 6) is -2.31. The normalized spacial score (nSPS) is 26.8. The SMILES string of the molecule is NC(=O)C1C2C=CC(C2)C1C(=O)NOC(=O)OCc1ccccc1. The van der Waals surface area contributed by atoms with Crippen molar-refractivity contribution in [1.29, 1.82) is 0 Å². The van der Waals surface area contributed by atoms with Gasteiger partial charge in [-0.1, -0.05) is 42.5 Å². The number of fused-ring (bicyclic) bond motifs is 2. The number of allylic oxidation sites excluding steroid dienone is 2. The van der Waals surface area contributed by atoms with Crippen LogP contribution in [0, 0.1) is 23.7 Å². The topological polar surface area (TPSA) is 108 Å². The number of hydrogen-bond acceptors (Lipinski definition) is 5. The van der Waals surface area contributed by atoms with Gasteiger partial charge < -0.3 is 15.3 Å². The number of rotatable bonds is 4. The lowest BCUT2D eigenvalue weighted by atomic mass is 9.82. The Labute approximate surface area is 138 Å². The van der Waals surface area contributed by atoms with E-state index in [1.807, 2.05) is 30.4 Å². The molecule has 0 aromatic heterocycles. The van der Waals surface area contributed by atoms with Crippen LogP contribution in [-0.2, 0) is 25.8 Å². The minimum Gasteiger partial charge on any atom is -0.428 e. The zero-order valence-electron chi connectivity index (χ0n) is 12.9. The van der Waals surface area contributed by atoms with E-state index in [4.69, 9.17) is 10.5 Å². The van der Waals surface area contributed by atoms with Crippen LogP contribution in [0.5, 0.6) is 0 Å². The molecule has 1 saturated carbocycles. The second-order valence-corrected chi connectivity index (χ2v) is 5.99. The lowest BCUT2D eigenvalue weighted by Gasteiger charge is -2.23. The Balaban J connectivity index is 1.49. The minimum absolute atomic E-state index is 0.0201. The summed E-state index contributed by atoms with van der Waals surface area (Å²) in [7, 11) is 0. The number of carbonyl (C=O) groups is 3. The van der Waals surface area contributed by atoms with Crippen LogP contribution in [0.15, 0.2) is 42.5 Å². The molecule has 2 amide bonds. The van der Waals surface area contributed by atoms with Crippen LogP contribution in [0.25, 0.3) is 0 Å². The maximum Gasteiger partial charge on any atom is 0.533 e. The summed E-state index contributed by atoms with van der Waals surface area (Å²) in [4.78, 5) is 40.0. The van der Waals surface area contributed by atoms with E-state index < -0.39 is 29.8 Å². The lowest BCUT2D eigenvalue weighted by Crippen LogP contribution is -2.43. The van der Waals surface area contributed by atoms with Gasteiger partial charge in [0, 0.05) is 0 Å². The molecule has 0 saturated heterocycles. The van der Waals surface area contributed by atoms with Crippen molar-refractivity contribution in [2.45, 2.75) is 13.0 Å². The first kappa shape index (κ1) is 16.0. The van der Waals surface area contributed by atoms with Gasteiger partial charge in [-0.25, -0.2) is 4.79 Å². The molecular formula is C17H18N2O5. The standard InChI is InChI=1S/C17H18N2O5/c18-15(20)13-11-6-7-12(8-11)14(13)16(21)19-24-17(22)23-9-10-4-2-1-3-5-10/h1-7,11-14H,8-9H2,(H2,18,20)(H,19,21). The zero-order chi connectivity index (χ0) is 17.1. The molecule has 126 valence electrons. The van der Waals surface area contributed by atoms with Crippen LogP contribution in [0.3, 0.4) is 0 Å². The van der Waals surface area contributed by atoms with Gasteiger partial charge >= 0.3 is 6.16 Å². The highest BCUT2D eigenvalue weighted by Crippen LogP contribution is 2.47. The smallest absolute Gasteiger partial charge is 0.428 e. The van der Waals surface area contributed by atoms with Crippen molar-refractivity contribution in [3.05, 3.63) is 48.0 Å². The van der Waals surface area contributed by atoms with E-state index >= 15 is 0 Å². The fraction of sp³-hybridized carbons (Fsp3) is 0.353. The Bertz CT molecular complexity index is 673. The van der Waals surface area contributed by atoms with Crippen molar-refractivity contribution >= 4 is 18.0 Å². The van der Waals surface area contributed by atoms with E-state index in [2.05, 4.69) is 10.3 Å². The summed E-state index contributed by atoms with van der Waals surface area (Å²) in [6.07, 6.45) is 3.52. The molecule has 7 heteroatoms. The molecule has 7 nitrogen and oxygen atoms in total. The van der Waals surface area contributed by atoms with Gasteiger partial charge in [-0.05, 0) is 23.8 Å². The quantitative estimate of drug-likeness (QED) is 0.491. The first-order valence-electron chi connectivity index (χ1n) is 7.71. The molecule has 2 bridgehead atoms. The van der Waals surface area contributed by atoms with Crippen LogP contribution >= 0.6 is 0 Å². The molecule has 3 rings (SSSR count). The first-order chi connectivity index (χ1) is 11.6. The van der Waals surface area contributed by atoms with E-state index in [0.29, 0.717) is 6.42 Å². The molecule has 1 aromatic carbocycles. The summed E-state index contributed by atoms with van der Waals surface area (Å²) in [5, 5.41) is 0. The number of hydroxylamine groups is 1. The summed E-state index contributed by atoms with van der Waals surface area (Å²) in [6.45, 7) is 0.0380. The second-order valence-electron chi connectivity index (χ2n) is 5.99.